The van der Waals surface area contributed by atoms with E-state index in [2.05, 4.69) is 20.5 Å². The summed E-state index contributed by atoms with van der Waals surface area (Å²) < 4.78 is 12.1. The summed E-state index contributed by atoms with van der Waals surface area (Å²) in [5, 5.41) is 16.7. The van der Waals surface area contributed by atoms with Crippen molar-refractivity contribution in [2.24, 2.45) is 0 Å². The minimum atomic E-state index is -0.726. The van der Waals surface area contributed by atoms with Gasteiger partial charge in [0.25, 0.3) is 5.91 Å². The average Bonchev–Trinajstić information content (AvgIpc) is 3.67. The molecule has 3 aromatic carbocycles. The second-order valence-corrected chi connectivity index (χ2v) is 9.82. The normalized spacial score (nSPS) is 12.8. The zero-order chi connectivity index (χ0) is 29.3. The van der Waals surface area contributed by atoms with Crippen molar-refractivity contribution in [1.29, 1.82) is 0 Å². The lowest BCUT2D eigenvalue weighted by atomic mass is 9.92. The van der Waals surface area contributed by atoms with Gasteiger partial charge in [0, 0.05) is 34.8 Å². The first-order chi connectivity index (χ1) is 21.1. The zero-order valence-corrected chi connectivity index (χ0v) is 23.0. The van der Waals surface area contributed by atoms with Crippen LogP contribution in [-0.4, -0.2) is 43.4 Å². The Morgan fingerprint density at radius 2 is 1.70 bits per heavy atom. The number of esters is 1. The number of anilines is 1. The topological polar surface area (TPSA) is 125 Å². The lowest BCUT2D eigenvalue weighted by Crippen LogP contribution is -2.26. The molecule has 210 valence electrons. The molecule has 0 atom stereocenters. The smallest absolute Gasteiger partial charge is 0.396 e. The lowest BCUT2D eigenvalue weighted by Gasteiger charge is -2.22. The van der Waals surface area contributed by atoms with Crippen LogP contribution in [-0.2, 0) is 11.2 Å². The van der Waals surface area contributed by atoms with Crippen molar-refractivity contribution in [3.63, 3.8) is 0 Å². The van der Waals surface area contributed by atoms with Crippen molar-refractivity contribution in [1.82, 2.24) is 25.0 Å². The van der Waals surface area contributed by atoms with Gasteiger partial charge in [-0.25, -0.2) is 4.79 Å². The van der Waals surface area contributed by atoms with Gasteiger partial charge in [-0.05, 0) is 36.2 Å². The Morgan fingerprint density at radius 3 is 2.47 bits per heavy atom. The molecule has 10 heteroatoms. The summed E-state index contributed by atoms with van der Waals surface area (Å²) in [6.45, 7) is 1.86. The molecule has 3 aromatic heterocycles. The van der Waals surface area contributed by atoms with Crippen molar-refractivity contribution >= 4 is 34.4 Å². The number of aromatic nitrogens is 5. The van der Waals surface area contributed by atoms with Gasteiger partial charge in [0.15, 0.2) is 0 Å². The van der Waals surface area contributed by atoms with Crippen LogP contribution in [0.3, 0.4) is 0 Å². The summed E-state index contributed by atoms with van der Waals surface area (Å²) in [4.78, 5) is 31.0. The molecule has 0 saturated heterocycles. The van der Waals surface area contributed by atoms with Crippen LogP contribution in [0.1, 0.15) is 33.7 Å². The summed E-state index contributed by atoms with van der Waals surface area (Å²) in [6.07, 6.45) is 2.01. The number of hydrogen-bond acceptors (Lipinski definition) is 9. The molecule has 1 N–H and O–H groups in total. The van der Waals surface area contributed by atoms with E-state index in [0.29, 0.717) is 28.2 Å². The third-order valence-electron chi connectivity index (χ3n) is 7.17. The Labute approximate surface area is 245 Å². The first kappa shape index (κ1) is 26.0. The van der Waals surface area contributed by atoms with Gasteiger partial charge < -0.3 is 14.5 Å². The van der Waals surface area contributed by atoms with Crippen LogP contribution in [0, 0.1) is 0 Å². The molecular weight excluding hydrogens is 544 g/mol. The number of carbonyl (C=O) groups is 2. The van der Waals surface area contributed by atoms with E-state index in [1.54, 1.807) is 13.1 Å². The molecule has 0 aliphatic carbocycles. The minimum Gasteiger partial charge on any atom is -0.459 e. The third-order valence-corrected chi connectivity index (χ3v) is 7.17. The fraction of sp³-hybridized carbons (Fsp3) is 0.0909. The number of carbonyl (C=O) groups excluding carboxylic acids is 2. The van der Waals surface area contributed by atoms with Crippen LogP contribution in [0.4, 0.5) is 6.01 Å². The first-order valence-corrected chi connectivity index (χ1v) is 13.7. The van der Waals surface area contributed by atoms with Crippen LogP contribution in [0.2, 0.25) is 0 Å². The van der Waals surface area contributed by atoms with E-state index in [1.165, 1.54) is 4.68 Å². The quantitative estimate of drug-likeness (QED) is 0.229. The summed E-state index contributed by atoms with van der Waals surface area (Å²) in [5.74, 6) is -1.33. The van der Waals surface area contributed by atoms with E-state index in [4.69, 9.17) is 14.3 Å². The largest absolute Gasteiger partial charge is 0.459 e. The van der Waals surface area contributed by atoms with Crippen molar-refractivity contribution in [3.8, 4) is 22.4 Å². The summed E-state index contributed by atoms with van der Waals surface area (Å²) >= 11 is 0. The maximum absolute atomic E-state index is 14.4. The van der Waals surface area contributed by atoms with Gasteiger partial charge in [-0.15, -0.1) is 0 Å². The van der Waals surface area contributed by atoms with E-state index in [9.17, 15) is 9.59 Å². The standard InChI is InChI=1S/C33H24N6O4/c1-2-42-32(41)30-36-37-33(43-30)35-25-19-26-28(20-10-5-3-6-11-20)29(21-12-7-4-8-13-21)38-39(26)31(40)27(25)23-15-16-24-22(18-23)14-9-17-34-24/h3-18H,2,19H2,1H3,(H,35,37). The van der Waals surface area contributed by atoms with Crippen LogP contribution in [0.25, 0.3) is 38.9 Å². The summed E-state index contributed by atoms with van der Waals surface area (Å²) in [6, 6.07) is 29.0. The van der Waals surface area contributed by atoms with E-state index in [1.807, 2.05) is 91.0 Å². The highest BCUT2D eigenvalue weighted by Crippen LogP contribution is 2.40. The fourth-order valence-electron chi connectivity index (χ4n) is 5.29. The number of rotatable bonds is 7. The molecule has 43 heavy (non-hydrogen) atoms. The molecular formula is C33H24N6O4. The van der Waals surface area contributed by atoms with Gasteiger partial charge in [0.05, 0.1) is 23.4 Å². The number of pyridine rings is 1. The predicted molar refractivity (Wildman–Crippen MR) is 160 cm³/mol. The third kappa shape index (κ3) is 4.74. The van der Waals surface area contributed by atoms with E-state index in [0.717, 1.165) is 27.6 Å². The minimum absolute atomic E-state index is 0.0386. The molecule has 0 unspecified atom stereocenters. The Kier molecular flexibility index (Phi) is 6.55. The number of allylic oxidation sites excluding steroid dienone is 2. The maximum Gasteiger partial charge on any atom is 0.396 e. The number of ether oxygens (including phenoxy) is 1. The monoisotopic (exact) mass is 568 g/mol. The molecule has 7 rings (SSSR count). The number of hydrogen-bond donors (Lipinski definition) is 1. The fourth-order valence-corrected chi connectivity index (χ4v) is 5.29. The molecule has 0 saturated carbocycles. The average molecular weight is 569 g/mol. The molecule has 0 fully saturated rings. The lowest BCUT2D eigenvalue weighted by molar-refractivity contribution is 0.0481. The van der Waals surface area contributed by atoms with Crippen molar-refractivity contribution in [2.45, 2.75) is 13.3 Å². The Balaban J connectivity index is 1.41. The highest BCUT2D eigenvalue weighted by molar-refractivity contribution is 6.23. The van der Waals surface area contributed by atoms with Crippen LogP contribution < -0.4 is 5.32 Å². The molecule has 0 bridgehead atoms. The number of fused-ring (bicyclic) bond motifs is 2. The molecule has 0 radical (unpaired) electrons. The van der Waals surface area contributed by atoms with E-state index in [-0.39, 0.29) is 30.8 Å². The van der Waals surface area contributed by atoms with Gasteiger partial charge in [-0.2, -0.15) is 9.78 Å². The van der Waals surface area contributed by atoms with Gasteiger partial charge in [-0.3, -0.25) is 9.78 Å². The Hall–Kier alpha value is -5.90. The van der Waals surface area contributed by atoms with Crippen molar-refractivity contribution in [3.05, 3.63) is 120 Å². The second kappa shape index (κ2) is 10.8. The Bertz CT molecular complexity index is 2030. The van der Waals surface area contributed by atoms with Gasteiger partial charge in [-0.1, -0.05) is 83.0 Å². The van der Waals surface area contributed by atoms with E-state index >= 15 is 0 Å². The molecule has 1 aliphatic rings. The van der Waals surface area contributed by atoms with Gasteiger partial charge in [0.2, 0.25) is 0 Å². The molecule has 0 amide bonds. The molecule has 1 aliphatic heterocycles. The van der Waals surface area contributed by atoms with Gasteiger partial charge >= 0.3 is 17.9 Å². The second-order valence-electron chi connectivity index (χ2n) is 9.82. The molecule has 6 aromatic rings. The van der Waals surface area contributed by atoms with Crippen LogP contribution >= 0.6 is 0 Å². The highest BCUT2D eigenvalue weighted by Gasteiger charge is 2.34. The van der Waals surface area contributed by atoms with E-state index < -0.39 is 5.97 Å². The first-order valence-electron chi connectivity index (χ1n) is 13.7. The maximum atomic E-state index is 14.4. The molecule has 0 spiro atoms. The summed E-state index contributed by atoms with van der Waals surface area (Å²) in [7, 11) is 0. The molecule has 10 nitrogen and oxygen atoms in total. The number of benzene rings is 3. The highest BCUT2D eigenvalue weighted by atomic mass is 16.5. The number of nitrogens with one attached hydrogen (secondary N) is 1. The van der Waals surface area contributed by atoms with Crippen LogP contribution in [0.5, 0.6) is 0 Å². The SMILES string of the molecule is CCOC(=O)c1nnc(NC2=C(c3ccc4ncccc4c3)C(=O)n3nc(-c4ccccc4)c(-c4ccccc4)c3C2)o1. The van der Waals surface area contributed by atoms with Crippen molar-refractivity contribution in [2.75, 3.05) is 11.9 Å². The zero-order valence-electron chi connectivity index (χ0n) is 23.0. The van der Waals surface area contributed by atoms with Gasteiger partial charge in [0.1, 0.15) is 5.69 Å². The number of nitrogens with zero attached hydrogens (tertiary/aromatic N) is 5. The van der Waals surface area contributed by atoms with Crippen LogP contribution in [0.15, 0.2) is 107 Å². The Morgan fingerprint density at radius 1 is 0.930 bits per heavy atom. The predicted octanol–water partition coefficient (Wildman–Crippen LogP) is 6.04. The van der Waals surface area contributed by atoms with Crippen molar-refractivity contribution < 1.29 is 18.7 Å². The molecule has 4 heterocycles. The summed E-state index contributed by atoms with van der Waals surface area (Å²) in [5.41, 5.74) is 6.44.